The second kappa shape index (κ2) is 5.66. The van der Waals surface area contributed by atoms with Gasteiger partial charge in [0.25, 0.3) is 0 Å². The van der Waals surface area contributed by atoms with Crippen LogP contribution < -0.4 is 5.32 Å². The molecular formula is C17H20FNS. The molecule has 1 aromatic heterocycles. The van der Waals surface area contributed by atoms with E-state index in [-0.39, 0.29) is 5.82 Å². The predicted molar refractivity (Wildman–Crippen MR) is 82.8 cm³/mol. The summed E-state index contributed by atoms with van der Waals surface area (Å²) in [6, 6.07) is 12.4. The van der Waals surface area contributed by atoms with Crippen LogP contribution in [0.3, 0.4) is 0 Å². The number of benzene rings is 1. The van der Waals surface area contributed by atoms with Gasteiger partial charge in [-0.2, -0.15) is 0 Å². The van der Waals surface area contributed by atoms with E-state index >= 15 is 0 Å². The van der Waals surface area contributed by atoms with Crippen molar-refractivity contribution in [3.8, 4) is 0 Å². The van der Waals surface area contributed by atoms with Gasteiger partial charge in [0.1, 0.15) is 5.82 Å². The number of thiophene rings is 1. The quantitative estimate of drug-likeness (QED) is 0.853. The molecule has 1 aliphatic rings. The van der Waals surface area contributed by atoms with Crippen LogP contribution in [0.25, 0.3) is 0 Å². The first-order valence-electron chi connectivity index (χ1n) is 7.20. The minimum atomic E-state index is -0.0575. The zero-order valence-electron chi connectivity index (χ0n) is 11.9. The van der Waals surface area contributed by atoms with E-state index in [0.29, 0.717) is 18.0 Å². The van der Waals surface area contributed by atoms with Gasteiger partial charge in [-0.3, -0.25) is 0 Å². The van der Waals surface area contributed by atoms with E-state index in [4.69, 9.17) is 0 Å². The highest BCUT2D eigenvalue weighted by atomic mass is 32.1. The van der Waals surface area contributed by atoms with Gasteiger partial charge in [0.15, 0.2) is 0 Å². The number of nitrogens with one attached hydrogen (secondary N) is 1. The first kappa shape index (κ1) is 13.8. The summed E-state index contributed by atoms with van der Waals surface area (Å²) in [6.45, 7) is 4.35. The SMILES string of the molecule is Cc1ccc(C(C)NC2CC(c3ccccc3F)C2)s1. The lowest BCUT2D eigenvalue weighted by Gasteiger charge is -2.38. The summed E-state index contributed by atoms with van der Waals surface area (Å²) in [7, 11) is 0. The van der Waals surface area contributed by atoms with Gasteiger partial charge in [-0.1, -0.05) is 18.2 Å². The largest absolute Gasteiger partial charge is 0.307 e. The lowest BCUT2D eigenvalue weighted by atomic mass is 9.75. The molecule has 3 rings (SSSR count). The van der Waals surface area contributed by atoms with Crippen molar-refractivity contribution in [1.82, 2.24) is 5.32 Å². The highest BCUT2D eigenvalue weighted by molar-refractivity contribution is 7.12. The first-order chi connectivity index (χ1) is 9.63. The van der Waals surface area contributed by atoms with Crippen molar-refractivity contribution < 1.29 is 4.39 Å². The molecule has 1 aliphatic carbocycles. The topological polar surface area (TPSA) is 12.0 Å². The van der Waals surface area contributed by atoms with Crippen molar-refractivity contribution in [1.29, 1.82) is 0 Å². The van der Waals surface area contributed by atoms with Crippen molar-refractivity contribution >= 4 is 11.3 Å². The molecule has 0 aliphatic heterocycles. The summed E-state index contributed by atoms with van der Waals surface area (Å²) in [5, 5.41) is 3.65. The average Bonchev–Trinajstić information content (AvgIpc) is 2.81. The average molecular weight is 289 g/mol. The second-order valence-corrected chi connectivity index (χ2v) is 7.04. The van der Waals surface area contributed by atoms with E-state index in [2.05, 4.69) is 31.3 Å². The Kier molecular flexibility index (Phi) is 3.90. The van der Waals surface area contributed by atoms with Crippen molar-refractivity contribution in [3.63, 3.8) is 0 Å². The second-order valence-electron chi connectivity index (χ2n) is 5.72. The van der Waals surface area contributed by atoms with Crippen LogP contribution in [-0.4, -0.2) is 6.04 Å². The van der Waals surface area contributed by atoms with E-state index < -0.39 is 0 Å². The zero-order valence-corrected chi connectivity index (χ0v) is 12.7. The maximum absolute atomic E-state index is 13.7. The number of hydrogen-bond donors (Lipinski definition) is 1. The van der Waals surface area contributed by atoms with Crippen LogP contribution >= 0.6 is 11.3 Å². The van der Waals surface area contributed by atoms with Crippen LogP contribution in [0.2, 0.25) is 0 Å². The molecule has 0 radical (unpaired) electrons. The summed E-state index contributed by atoms with van der Waals surface area (Å²) < 4.78 is 13.7. The molecule has 1 heterocycles. The highest BCUT2D eigenvalue weighted by Crippen LogP contribution is 2.39. The fraction of sp³-hybridized carbons (Fsp3) is 0.412. The summed E-state index contributed by atoms with van der Waals surface area (Å²) in [6.07, 6.45) is 2.07. The smallest absolute Gasteiger partial charge is 0.126 e. The first-order valence-corrected chi connectivity index (χ1v) is 8.02. The maximum atomic E-state index is 13.7. The molecule has 0 amide bonds. The molecule has 0 bridgehead atoms. The van der Waals surface area contributed by atoms with Gasteiger partial charge in [0.2, 0.25) is 0 Å². The summed E-state index contributed by atoms with van der Waals surface area (Å²) in [5.41, 5.74) is 0.880. The van der Waals surface area contributed by atoms with E-state index in [1.54, 1.807) is 12.1 Å². The maximum Gasteiger partial charge on any atom is 0.126 e. The number of halogens is 1. The van der Waals surface area contributed by atoms with Gasteiger partial charge in [-0.15, -0.1) is 11.3 Å². The third-order valence-electron chi connectivity index (χ3n) is 4.16. The molecule has 1 saturated carbocycles. The van der Waals surface area contributed by atoms with Crippen molar-refractivity contribution in [2.75, 3.05) is 0 Å². The van der Waals surface area contributed by atoms with Crippen LogP contribution in [0.5, 0.6) is 0 Å². The number of aryl methyl sites for hydroxylation is 1. The van der Waals surface area contributed by atoms with E-state index in [1.807, 2.05) is 23.5 Å². The number of rotatable bonds is 4. The highest BCUT2D eigenvalue weighted by Gasteiger charge is 2.32. The molecule has 20 heavy (non-hydrogen) atoms. The summed E-state index contributed by atoms with van der Waals surface area (Å²) >= 11 is 1.85. The Bertz CT molecular complexity index is 586. The lowest BCUT2D eigenvalue weighted by Crippen LogP contribution is -2.41. The Morgan fingerprint density at radius 2 is 1.95 bits per heavy atom. The molecular weight excluding hydrogens is 269 g/mol. The zero-order chi connectivity index (χ0) is 14.1. The van der Waals surface area contributed by atoms with Crippen LogP contribution in [0.15, 0.2) is 36.4 Å². The fourth-order valence-corrected chi connectivity index (χ4v) is 3.82. The molecule has 3 heteroatoms. The Morgan fingerprint density at radius 1 is 1.20 bits per heavy atom. The molecule has 1 N–H and O–H groups in total. The lowest BCUT2D eigenvalue weighted by molar-refractivity contribution is 0.267. The van der Waals surface area contributed by atoms with Gasteiger partial charge in [-0.25, -0.2) is 4.39 Å². The van der Waals surface area contributed by atoms with E-state index in [1.165, 1.54) is 9.75 Å². The van der Waals surface area contributed by atoms with Crippen LogP contribution in [0, 0.1) is 12.7 Å². The van der Waals surface area contributed by atoms with Gasteiger partial charge < -0.3 is 5.32 Å². The molecule has 1 atom stereocenters. The summed E-state index contributed by atoms with van der Waals surface area (Å²) in [4.78, 5) is 2.74. The van der Waals surface area contributed by atoms with Gasteiger partial charge in [0, 0.05) is 21.8 Å². The fourth-order valence-electron chi connectivity index (χ4n) is 2.94. The Morgan fingerprint density at radius 3 is 2.60 bits per heavy atom. The van der Waals surface area contributed by atoms with E-state index in [0.717, 1.165) is 18.4 Å². The molecule has 1 fully saturated rings. The van der Waals surface area contributed by atoms with Crippen molar-refractivity contribution in [2.24, 2.45) is 0 Å². The summed E-state index contributed by atoms with van der Waals surface area (Å²) in [5.74, 6) is 0.323. The normalized spacial score (nSPS) is 23.4. The Hall–Kier alpha value is -1.19. The molecule has 2 aromatic rings. The molecule has 106 valence electrons. The van der Waals surface area contributed by atoms with E-state index in [9.17, 15) is 4.39 Å². The molecule has 0 saturated heterocycles. The third-order valence-corrected chi connectivity index (χ3v) is 5.34. The Labute approximate surface area is 123 Å². The van der Waals surface area contributed by atoms with Crippen LogP contribution in [-0.2, 0) is 0 Å². The van der Waals surface area contributed by atoms with Crippen LogP contribution in [0.4, 0.5) is 4.39 Å². The monoisotopic (exact) mass is 289 g/mol. The van der Waals surface area contributed by atoms with Gasteiger partial charge in [-0.05, 0) is 56.4 Å². The third kappa shape index (κ3) is 2.79. The van der Waals surface area contributed by atoms with Crippen LogP contribution in [0.1, 0.15) is 47.0 Å². The predicted octanol–water partition coefficient (Wildman–Crippen LogP) is 4.79. The van der Waals surface area contributed by atoms with Gasteiger partial charge >= 0.3 is 0 Å². The van der Waals surface area contributed by atoms with Crippen molar-refractivity contribution in [2.45, 2.75) is 44.7 Å². The van der Waals surface area contributed by atoms with Crippen molar-refractivity contribution in [3.05, 3.63) is 57.5 Å². The standard InChI is InChI=1S/C17H20FNS/c1-11-7-8-17(20-11)12(2)19-14-9-13(10-14)15-5-3-4-6-16(15)18/h3-8,12-14,19H,9-10H2,1-2H3. The molecule has 1 nitrogen and oxygen atoms in total. The Balaban J connectivity index is 1.55. The number of hydrogen-bond acceptors (Lipinski definition) is 2. The molecule has 0 spiro atoms. The molecule has 1 aromatic carbocycles. The molecule has 1 unspecified atom stereocenters. The minimum absolute atomic E-state index is 0.0575. The van der Waals surface area contributed by atoms with Gasteiger partial charge in [0.05, 0.1) is 0 Å². The minimum Gasteiger partial charge on any atom is -0.307 e.